The van der Waals surface area contributed by atoms with Crippen LogP contribution in [0.15, 0.2) is 73.3 Å². The van der Waals surface area contributed by atoms with Gasteiger partial charge in [-0.05, 0) is 68.8 Å². The highest BCUT2D eigenvalue weighted by Crippen LogP contribution is 2.38. The number of hydrogen-bond donors (Lipinski definition) is 3. The van der Waals surface area contributed by atoms with Crippen molar-refractivity contribution in [3.63, 3.8) is 0 Å². The van der Waals surface area contributed by atoms with Crippen LogP contribution in [0.25, 0.3) is 22.0 Å². The Labute approximate surface area is 246 Å². The Morgan fingerprint density at radius 3 is 2.52 bits per heavy atom. The molecule has 0 unspecified atom stereocenters. The molecular weight excluding hydrogens is 557 g/mol. The van der Waals surface area contributed by atoms with E-state index in [1.807, 2.05) is 12.1 Å². The molecule has 42 heavy (non-hydrogen) atoms. The van der Waals surface area contributed by atoms with Crippen molar-refractivity contribution >= 4 is 39.8 Å². The number of rotatable bonds is 7. The number of pyridine rings is 2. The number of aliphatic hydroxyl groups is 1. The van der Waals surface area contributed by atoms with Gasteiger partial charge in [0.2, 0.25) is 0 Å². The molecule has 3 N–H and O–H groups in total. The van der Waals surface area contributed by atoms with Crippen LogP contribution in [-0.4, -0.2) is 30.9 Å². The molecule has 0 radical (unpaired) electrons. The van der Waals surface area contributed by atoms with E-state index in [0.717, 1.165) is 5.56 Å². The van der Waals surface area contributed by atoms with Crippen LogP contribution in [0.5, 0.6) is 0 Å². The minimum Gasteiger partial charge on any atom is -0.382 e. The summed E-state index contributed by atoms with van der Waals surface area (Å²) in [5.74, 6) is -0.774. The van der Waals surface area contributed by atoms with Gasteiger partial charge in [-0.2, -0.15) is 5.26 Å². The third kappa shape index (κ3) is 5.88. The van der Waals surface area contributed by atoms with Gasteiger partial charge in [-0.3, -0.25) is 9.78 Å². The molecule has 9 nitrogen and oxygen atoms in total. The van der Waals surface area contributed by atoms with Gasteiger partial charge in [0.05, 0.1) is 45.8 Å². The summed E-state index contributed by atoms with van der Waals surface area (Å²) in [5, 5.41) is 26.1. The highest BCUT2D eigenvalue weighted by Gasteiger charge is 2.23. The lowest BCUT2D eigenvalue weighted by Gasteiger charge is -2.21. The second kappa shape index (κ2) is 11.5. The van der Waals surface area contributed by atoms with Crippen LogP contribution in [0, 0.1) is 17.1 Å². The number of hydrogen-bond acceptors (Lipinski definition) is 8. The summed E-state index contributed by atoms with van der Waals surface area (Å²) in [6, 6.07) is 14.2. The molecule has 5 rings (SSSR count). The zero-order valence-electron chi connectivity index (χ0n) is 22.9. The highest BCUT2D eigenvalue weighted by atomic mass is 35.5. The molecule has 210 valence electrons. The Kier molecular flexibility index (Phi) is 7.81. The van der Waals surface area contributed by atoms with Gasteiger partial charge in [0.25, 0.3) is 5.91 Å². The molecule has 0 aliphatic heterocycles. The minimum absolute atomic E-state index is 0.0263. The monoisotopic (exact) mass is 581 g/mol. The largest absolute Gasteiger partial charge is 0.382 e. The molecule has 0 fully saturated rings. The molecule has 0 aliphatic carbocycles. The first-order valence-corrected chi connectivity index (χ1v) is 13.3. The van der Waals surface area contributed by atoms with E-state index in [4.69, 9.17) is 11.6 Å². The van der Waals surface area contributed by atoms with Gasteiger partial charge in [-0.15, -0.1) is 0 Å². The molecule has 0 saturated heterocycles. The molecule has 3 heterocycles. The summed E-state index contributed by atoms with van der Waals surface area (Å²) < 4.78 is 14.8. The van der Waals surface area contributed by atoms with E-state index in [1.165, 1.54) is 24.4 Å². The van der Waals surface area contributed by atoms with E-state index in [-0.39, 0.29) is 22.1 Å². The molecule has 0 bridgehead atoms. The molecule has 5 aromatic rings. The number of carbonyl (C=O) groups is 1. The fraction of sp³-hybridized carbons (Fsp3) is 0.161. The quantitative estimate of drug-likeness (QED) is 0.201. The van der Waals surface area contributed by atoms with Gasteiger partial charge in [0.15, 0.2) is 5.82 Å². The van der Waals surface area contributed by atoms with Crippen molar-refractivity contribution in [3.05, 3.63) is 107 Å². The second-order valence-corrected chi connectivity index (χ2v) is 10.5. The summed E-state index contributed by atoms with van der Waals surface area (Å²) in [6.45, 7) is 4.93. The zero-order chi connectivity index (χ0) is 30.0. The third-order valence-corrected chi connectivity index (χ3v) is 6.91. The van der Waals surface area contributed by atoms with Gasteiger partial charge in [0, 0.05) is 35.1 Å². The maximum Gasteiger partial charge on any atom is 0.275 e. The van der Waals surface area contributed by atoms with Crippen molar-refractivity contribution in [2.45, 2.75) is 32.4 Å². The first-order chi connectivity index (χ1) is 20.0. The number of anilines is 2. The smallest absolute Gasteiger partial charge is 0.275 e. The maximum atomic E-state index is 14.8. The summed E-state index contributed by atoms with van der Waals surface area (Å²) in [7, 11) is 0. The Hall–Kier alpha value is -4.98. The maximum absolute atomic E-state index is 14.8. The van der Waals surface area contributed by atoms with E-state index in [1.54, 1.807) is 63.6 Å². The number of benzene rings is 2. The van der Waals surface area contributed by atoms with E-state index in [2.05, 4.69) is 30.6 Å². The lowest BCUT2D eigenvalue weighted by molar-refractivity contribution is 0.0687. The van der Waals surface area contributed by atoms with E-state index < -0.39 is 23.4 Å². The first-order valence-electron chi connectivity index (χ1n) is 12.9. The fourth-order valence-corrected chi connectivity index (χ4v) is 4.65. The highest BCUT2D eigenvalue weighted by molar-refractivity contribution is 6.38. The van der Waals surface area contributed by atoms with Gasteiger partial charge in [0.1, 0.15) is 17.1 Å². The van der Waals surface area contributed by atoms with Crippen LogP contribution in [0.4, 0.5) is 15.8 Å². The number of amides is 1. The van der Waals surface area contributed by atoms with Crippen molar-refractivity contribution in [1.29, 1.82) is 5.26 Å². The first kappa shape index (κ1) is 28.5. The van der Waals surface area contributed by atoms with Crippen LogP contribution in [0.2, 0.25) is 5.02 Å². The number of fused-ring (bicyclic) bond motifs is 1. The molecule has 11 heteroatoms. The summed E-state index contributed by atoms with van der Waals surface area (Å²) >= 11 is 6.85. The van der Waals surface area contributed by atoms with E-state index >= 15 is 0 Å². The summed E-state index contributed by atoms with van der Waals surface area (Å²) in [5.41, 5.74) is 1.98. The lowest BCUT2D eigenvalue weighted by Crippen LogP contribution is -2.19. The Morgan fingerprint density at radius 1 is 1.10 bits per heavy atom. The van der Waals surface area contributed by atoms with Crippen LogP contribution in [-0.2, 0) is 5.60 Å². The topological polar surface area (TPSA) is 137 Å². The average molecular weight is 582 g/mol. The molecular formula is C31H25ClFN7O2. The number of nitriles is 1. The van der Waals surface area contributed by atoms with E-state index in [0.29, 0.717) is 33.4 Å². The Morgan fingerprint density at radius 2 is 1.86 bits per heavy atom. The number of nitrogens with zero attached hydrogens (tertiary/aromatic N) is 5. The molecule has 2 aromatic carbocycles. The standard InChI is InChI=1S/C31H25ClFN7O2/c1-17(22-11-18(13-34)6-8-24(22)33)38-27-23-12-19(20-14-36-30(37-15-20)31(2,3)42)7-9-25(23)40-28(26(27)32)29(41)39-21-5-4-10-35-16-21/h4-12,14-17,42H,1-3H3,(H,38,40)(H,39,41)/t17-/m1/s1. The number of aromatic nitrogens is 4. The summed E-state index contributed by atoms with van der Waals surface area (Å²) in [6.07, 6.45) is 6.29. The molecule has 0 aliphatic rings. The van der Waals surface area contributed by atoms with E-state index in [9.17, 15) is 19.6 Å². The number of carbonyl (C=O) groups excluding carboxylic acids is 1. The predicted molar refractivity (Wildman–Crippen MR) is 158 cm³/mol. The Balaban J connectivity index is 1.62. The summed E-state index contributed by atoms with van der Waals surface area (Å²) in [4.78, 5) is 30.4. The second-order valence-electron chi connectivity index (χ2n) is 10.1. The van der Waals surface area contributed by atoms with Crippen LogP contribution >= 0.6 is 11.6 Å². The van der Waals surface area contributed by atoms with Crippen LogP contribution in [0.3, 0.4) is 0 Å². The zero-order valence-corrected chi connectivity index (χ0v) is 23.6. The predicted octanol–water partition coefficient (Wildman–Crippen LogP) is 6.40. The lowest BCUT2D eigenvalue weighted by atomic mass is 10.0. The third-order valence-electron chi connectivity index (χ3n) is 6.54. The van der Waals surface area contributed by atoms with Crippen molar-refractivity contribution in [2.75, 3.05) is 10.6 Å². The van der Waals surface area contributed by atoms with Crippen molar-refractivity contribution < 1.29 is 14.3 Å². The number of halogens is 2. The van der Waals surface area contributed by atoms with Gasteiger partial charge < -0.3 is 15.7 Å². The van der Waals surface area contributed by atoms with Crippen molar-refractivity contribution in [1.82, 2.24) is 19.9 Å². The average Bonchev–Trinajstić information content (AvgIpc) is 2.98. The SMILES string of the molecule is C[C@@H](Nc1c(Cl)c(C(=O)Nc2cccnc2)nc2ccc(-c3cnc(C(C)(C)O)nc3)cc12)c1cc(C#N)ccc1F. The molecule has 1 atom stereocenters. The Bertz CT molecular complexity index is 1840. The fourth-order valence-electron chi connectivity index (χ4n) is 4.37. The van der Waals surface area contributed by atoms with Crippen molar-refractivity contribution in [3.8, 4) is 17.2 Å². The van der Waals surface area contributed by atoms with Crippen LogP contribution < -0.4 is 10.6 Å². The molecule has 0 spiro atoms. The number of nitrogens with one attached hydrogen (secondary N) is 2. The minimum atomic E-state index is -1.20. The molecule has 1 amide bonds. The van der Waals surface area contributed by atoms with Gasteiger partial charge in [-0.1, -0.05) is 17.7 Å². The van der Waals surface area contributed by atoms with Gasteiger partial charge in [-0.25, -0.2) is 19.3 Å². The molecule has 3 aromatic heterocycles. The van der Waals surface area contributed by atoms with Gasteiger partial charge >= 0.3 is 0 Å². The molecule has 0 saturated carbocycles. The normalized spacial score (nSPS) is 12.0. The van der Waals surface area contributed by atoms with Crippen molar-refractivity contribution in [2.24, 2.45) is 0 Å². The van der Waals surface area contributed by atoms with Crippen LogP contribution in [0.1, 0.15) is 54.3 Å².